The molecule has 2 aromatic heterocycles. The van der Waals surface area contributed by atoms with E-state index in [-0.39, 0.29) is 5.91 Å². The van der Waals surface area contributed by atoms with Crippen LogP contribution in [0, 0.1) is 5.92 Å². The van der Waals surface area contributed by atoms with Crippen molar-refractivity contribution in [2.24, 2.45) is 5.92 Å². The van der Waals surface area contributed by atoms with Gasteiger partial charge >= 0.3 is 5.95 Å². The Morgan fingerprint density at radius 2 is 2.04 bits per heavy atom. The Kier molecular flexibility index (Phi) is 5.36. The largest absolute Gasteiger partial charge is 0.466 e. The molecule has 0 aliphatic heterocycles. The molecule has 0 bridgehead atoms. The third-order valence-corrected chi connectivity index (χ3v) is 5.12. The standard InChI is InChI=1S/C20H24N6O2/c1-21-18(27)14-7-9-15(10-8-14)24-20-25-17-16(22-12-23-17)19(26-20)28-11-13-5-3-2-4-6-13/h7-10,12-13H,2-6,11H2,1H3,(H,21,27)(H2,22,23,24,25,26)/p+1. The number of hydrogen-bond acceptors (Lipinski definition) is 5. The van der Waals surface area contributed by atoms with Gasteiger partial charge in [0.15, 0.2) is 5.52 Å². The number of aromatic amines is 2. The number of benzene rings is 1. The molecule has 1 aromatic carbocycles. The lowest BCUT2D eigenvalue weighted by atomic mass is 9.90. The molecule has 0 atom stereocenters. The molecule has 3 aromatic rings. The predicted octanol–water partition coefficient (Wildman–Crippen LogP) is 2.83. The fourth-order valence-electron chi connectivity index (χ4n) is 3.55. The van der Waals surface area contributed by atoms with E-state index in [0.29, 0.717) is 35.6 Å². The molecule has 0 unspecified atom stereocenters. The van der Waals surface area contributed by atoms with Crippen molar-refractivity contribution in [3.63, 3.8) is 0 Å². The second-order valence-corrected chi connectivity index (χ2v) is 7.11. The van der Waals surface area contributed by atoms with Gasteiger partial charge in [0.2, 0.25) is 0 Å². The van der Waals surface area contributed by atoms with Crippen molar-refractivity contribution in [3.05, 3.63) is 36.2 Å². The summed E-state index contributed by atoms with van der Waals surface area (Å²) in [6, 6.07) is 7.18. The first-order chi connectivity index (χ1) is 13.7. The number of anilines is 2. The van der Waals surface area contributed by atoms with Crippen LogP contribution in [0.4, 0.5) is 11.6 Å². The highest BCUT2D eigenvalue weighted by Crippen LogP contribution is 2.25. The lowest BCUT2D eigenvalue weighted by Crippen LogP contribution is -2.21. The molecule has 0 spiro atoms. The number of H-pyrrole nitrogens is 2. The molecule has 2 heterocycles. The first-order valence-electron chi connectivity index (χ1n) is 9.71. The topological polar surface area (TPSA) is 106 Å². The van der Waals surface area contributed by atoms with Gasteiger partial charge in [-0.15, -0.1) is 0 Å². The zero-order valence-electron chi connectivity index (χ0n) is 15.9. The summed E-state index contributed by atoms with van der Waals surface area (Å²) in [5.41, 5.74) is 2.76. The van der Waals surface area contributed by atoms with E-state index in [0.717, 1.165) is 11.2 Å². The number of nitrogens with one attached hydrogen (secondary N) is 4. The van der Waals surface area contributed by atoms with Crippen LogP contribution in [0.25, 0.3) is 11.2 Å². The highest BCUT2D eigenvalue weighted by molar-refractivity contribution is 5.94. The van der Waals surface area contributed by atoms with Gasteiger partial charge in [-0.05, 0) is 48.0 Å². The Balaban J connectivity index is 1.51. The van der Waals surface area contributed by atoms with Crippen LogP contribution in [0.2, 0.25) is 0 Å². The molecule has 8 heteroatoms. The molecule has 1 aliphatic rings. The summed E-state index contributed by atoms with van der Waals surface area (Å²) in [7, 11) is 1.61. The number of aromatic nitrogens is 4. The minimum atomic E-state index is -0.118. The smallest absolute Gasteiger partial charge is 0.399 e. The summed E-state index contributed by atoms with van der Waals surface area (Å²) in [5, 5.41) is 5.83. The van der Waals surface area contributed by atoms with Crippen LogP contribution in [-0.4, -0.2) is 34.5 Å². The van der Waals surface area contributed by atoms with E-state index in [4.69, 9.17) is 4.74 Å². The zero-order valence-corrected chi connectivity index (χ0v) is 15.9. The molecule has 146 valence electrons. The molecule has 0 saturated heterocycles. The third-order valence-electron chi connectivity index (χ3n) is 5.12. The quantitative estimate of drug-likeness (QED) is 0.609. The first kappa shape index (κ1) is 18.2. The van der Waals surface area contributed by atoms with Crippen LogP contribution in [0.1, 0.15) is 42.5 Å². The Labute approximate surface area is 163 Å². The van der Waals surface area contributed by atoms with Gasteiger partial charge in [0.25, 0.3) is 17.4 Å². The van der Waals surface area contributed by atoms with Crippen LogP contribution in [0.5, 0.6) is 5.88 Å². The van der Waals surface area contributed by atoms with E-state index < -0.39 is 0 Å². The predicted molar refractivity (Wildman–Crippen MR) is 106 cm³/mol. The molecule has 28 heavy (non-hydrogen) atoms. The number of ether oxygens (including phenoxy) is 1. The van der Waals surface area contributed by atoms with Gasteiger partial charge in [-0.25, -0.2) is 15.3 Å². The van der Waals surface area contributed by atoms with Gasteiger partial charge in [0.1, 0.15) is 0 Å². The molecular weight excluding hydrogens is 356 g/mol. The fourth-order valence-corrected chi connectivity index (χ4v) is 3.55. The fraction of sp³-hybridized carbons (Fsp3) is 0.400. The minimum Gasteiger partial charge on any atom is -0.466 e. The Morgan fingerprint density at radius 1 is 1.25 bits per heavy atom. The maximum atomic E-state index is 11.7. The molecular formula is C20H25N6O2+. The van der Waals surface area contributed by atoms with Crippen molar-refractivity contribution in [2.75, 3.05) is 19.0 Å². The van der Waals surface area contributed by atoms with E-state index in [9.17, 15) is 4.79 Å². The maximum absolute atomic E-state index is 11.7. The summed E-state index contributed by atoms with van der Waals surface area (Å²) in [5.74, 6) is 1.65. The summed E-state index contributed by atoms with van der Waals surface area (Å²) in [4.78, 5) is 26.7. The minimum absolute atomic E-state index is 0.118. The number of fused-ring (bicyclic) bond motifs is 1. The number of nitrogens with zero attached hydrogens (tertiary/aromatic N) is 2. The second kappa shape index (κ2) is 8.24. The Bertz CT molecular complexity index is 947. The van der Waals surface area contributed by atoms with Gasteiger partial charge in [-0.3, -0.25) is 4.79 Å². The molecule has 4 N–H and O–H groups in total. The lowest BCUT2D eigenvalue weighted by Gasteiger charge is -2.21. The van der Waals surface area contributed by atoms with Crippen molar-refractivity contribution in [3.8, 4) is 5.88 Å². The van der Waals surface area contributed by atoms with Gasteiger partial charge in [0, 0.05) is 12.6 Å². The number of carbonyl (C=O) groups is 1. The Morgan fingerprint density at radius 3 is 2.79 bits per heavy atom. The SMILES string of the molecule is CNC(=O)c1ccc(Nc2nc3nc[nH]c3c(OCC3CCCCC3)[nH+]2)cc1. The molecule has 4 rings (SSSR count). The average Bonchev–Trinajstić information content (AvgIpc) is 3.21. The van der Waals surface area contributed by atoms with E-state index >= 15 is 0 Å². The molecule has 0 radical (unpaired) electrons. The molecule has 1 amide bonds. The average molecular weight is 381 g/mol. The summed E-state index contributed by atoms with van der Waals surface area (Å²) < 4.78 is 6.10. The summed E-state index contributed by atoms with van der Waals surface area (Å²) >= 11 is 0. The number of rotatable bonds is 6. The van der Waals surface area contributed by atoms with Gasteiger partial charge in [0.05, 0.1) is 18.6 Å². The molecule has 1 aliphatic carbocycles. The maximum Gasteiger partial charge on any atom is 0.399 e. The number of imidazole rings is 1. The van der Waals surface area contributed by atoms with Crippen molar-refractivity contribution in [1.29, 1.82) is 0 Å². The molecule has 1 fully saturated rings. The van der Waals surface area contributed by atoms with Crippen LogP contribution in [0.15, 0.2) is 30.6 Å². The highest BCUT2D eigenvalue weighted by atomic mass is 16.5. The van der Waals surface area contributed by atoms with E-state index in [1.165, 1.54) is 32.1 Å². The van der Waals surface area contributed by atoms with Crippen molar-refractivity contribution in [2.45, 2.75) is 32.1 Å². The van der Waals surface area contributed by atoms with Gasteiger partial charge in [-0.2, -0.15) is 0 Å². The molecule has 1 saturated carbocycles. The number of hydrogen-bond donors (Lipinski definition) is 3. The van der Waals surface area contributed by atoms with E-state index in [2.05, 4.69) is 30.6 Å². The van der Waals surface area contributed by atoms with Gasteiger partial charge < -0.3 is 15.0 Å². The van der Waals surface area contributed by atoms with Gasteiger partial charge in [-0.1, -0.05) is 19.3 Å². The van der Waals surface area contributed by atoms with Crippen LogP contribution in [0.3, 0.4) is 0 Å². The van der Waals surface area contributed by atoms with Crippen LogP contribution in [-0.2, 0) is 0 Å². The first-order valence-corrected chi connectivity index (χ1v) is 9.71. The van der Waals surface area contributed by atoms with E-state index in [1.807, 2.05) is 12.1 Å². The summed E-state index contributed by atoms with van der Waals surface area (Å²) in [6.45, 7) is 0.689. The monoisotopic (exact) mass is 381 g/mol. The third kappa shape index (κ3) is 4.05. The van der Waals surface area contributed by atoms with Crippen LogP contribution < -0.4 is 20.4 Å². The lowest BCUT2D eigenvalue weighted by molar-refractivity contribution is -0.380. The van der Waals surface area contributed by atoms with E-state index in [1.54, 1.807) is 25.5 Å². The number of amides is 1. The van der Waals surface area contributed by atoms with Crippen molar-refractivity contribution in [1.82, 2.24) is 20.3 Å². The van der Waals surface area contributed by atoms with Crippen LogP contribution >= 0.6 is 0 Å². The normalized spacial score (nSPS) is 14.8. The summed E-state index contributed by atoms with van der Waals surface area (Å²) in [6.07, 6.45) is 7.95. The molecule has 8 nitrogen and oxygen atoms in total. The Hall–Kier alpha value is -3.16. The second-order valence-electron chi connectivity index (χ2n) is 7.11. The highest BCUT2D eigenvalue weighted by Gasteiger charge is 2.20. The zero-order chi connectivity index (χ0) is 19.3. The van der Waals surface area contributed by atoms with Crippen molar-refractivity contribution >= 4 is 28.7 Å². The van der Waals surface area contributed by atoms with Crippen molar-refractivity contribution < 1.29 is 14.5 Å². The number of carbonyl (C=O) groups excluding carboxylic acids is 1.